The van der Waals surface area contributed by atoms with E-state index in [-0.39, 0.29) is 24.2 Å². The molecular weight excluding hydrogens is 324 g/mol. The first-order chi connectivity index (χ1) is 12.0. The molecule has 8 heteroatoms. The molecule has 2 heterocycles. The van der Waals surface area contributed by atoms with Crippen molar-refractivity contribution in [3.8, 4) is 0 Å². The number of aryl methyl sites for hydroxylation is 1. The molecule has 0 bridgehead atoms. The molecule has 0 spiro atoms. The third kappa shape index (κ3) is 3.52. The molecule has 0 aliphatic heterocycles. The van der Waals surface area contributed by atoms with Crippen molar-refractivity contribution in [1.29, 1.82) is 0 Å². The first kappa shape index (κ1) is 16.7. The number of fused-ring (bicyclic) bond motifs is 1. The number of amides is 1. The van der Waals surface area contributed by atoms with Gasteiger partial charge < -0.3 is 24.0 Å². The fourth-order valence-corrected chi connectivity index (χ4v) is 2.58. The molecule has 1 amide bonds. The van der Waals surface area contributed by atoms with Crippen LogP contribution in [0.25, 0.3) is 11.0 Å². The molecule has 1 atom stereocenters. The Morgan fingerprint density at radius 3 is 2.88 bits per heavy atom. The Labute approximate surface area is 143 Å². The highest BCUT2D eigenvalue weighted by molar-refractivity contribution is 5.79. The SMILES string of the molecule is CC(c1cc2ccccc2o1)N(C)C(=O)CCn1cnc([N+](=O)[O-])c1. The zero-order valence-corrected chi connectivity index (χ0v) is 14.0. The van der Waals surface area contributed by atoms with E-state index in [9.17, 15) is 14.9 Å². The molecule has 0 radical (unpaired) electrons. The van der Waals surface area contributed by atoms with Crippen molar-refractivity contribution < 1.29 is 14.1 Å². The zero-order valence-electron chi connectivity index (χ0n) is 14.0. The predicted octanol–water partition coefficient (Wildman–Crippen LogP) is 3.15. The number of hydrogen-bond donors (Lipinski definition) is 0. The zero-order chi connectivity index (χ0) is 18.0. The Morgan fingerprint density at radius 1 is 1.44 bits per heavy atom. The van der Waals surface area contributed by atoms with Crippen molar-refractivity contribution in [3.63, 3.8) is 0 Å². The van der Waals surface area contributed by atoms with Crippen molar-refractivity contribution in [2.24, 2.45) is 0 Å². The molecule has 1 unspecified atom stereocenters. The van der Waals surface area contributed by atoms with Crippen molar-refractivity contribution in [2.45, 2.75) is 25.9 Å². The summed E-state index contributed by atoms with van der Waals surface area (Å²) in [6, 6.07) is 9.41. The lowest BCUT2D eigenvalue weighted by molar-refractivity contribution is -0.389. The maximum Gasteiger partial charge on any atom is 0.381 e. The van der Waals surface area contributed by atoms with Crippen LogP contribution in [0.5, 0.6) is 0 Å². The number of nitro groups is 1. The summed E-state index contributed by atoms with van der Waals surface area (Å²) in [7, 11) is 1.72. The van der Waals surface area contributed by atoms with Gasteiger partial charge >= 0.3 is 5.82 Å². The van der Waals surface area contributed by atoms with Crippen LogP contribution in [0.15, 0.2) is 47.3 Å². The van der Waals surface area contributed by atoms with Crippen molar-refractivity contribution in [1.82, 2.24) is 14.5 Å². The van der Waals surface area contributed by atoms with Crippen LogP contribution in [0, 0.1) is 10.1 Å². The predicted molar refractivity (Wildman–Crippen MR) is 90.9 cm³/mol. The van der Waals surface area contributed by atoms with Crippen LogP contribution in [0.2, 0.25) is 0 Å². The van der Waals surface area contributed by atoms with Gasteiger partial charge in [-0.25, -0.2) is 0 Å². The Morgan fingerprint density at radius 2 is 2.20 bits per heavy atom. The second-order valence-electron chi connectivity index (χ2n) is 5.84. The van der Waals surface area contributed by atoms with E-state index in [4.69, 9.17) is 4.42 Å². The van der Waals surface area contributed by atoms with Gasteiger partial charge in [0, 0.05) is 25.4 Å². The van der Waals surface area contributed by atoms with Gasteiger partial charge in [-0.05, 0) is 29.0 Å². The second-order valence-corrected chi connectivity index (χ2v) is 5.84. The van der Waals surface area contributed by atoms with Crippen LogP contribution >= 0.6 is 0 Å². The van der Waals surface area contributed by atoms with Crippen molar-refractivity contribution >= 4 is 22.7 Å². The maximum absolute atomic E-state index is 12.4. The van der Waals surface area contributed by atoms with Crippen LogP contribution < -0.4 is 0 Å². The highest BCUT2D eigenvalue weighted by Gasteiger charge is 2.21. The number of benzene rings is 1. The molecule has 130 valence electrons. The van der Waals surface area contributed by atoms with E-state index in [1.807, 2.05) is 37.3 Å². The number of aromatic nitrogens is 2. The van der Waals surface area contributed by atoms with Gasteiger partial charge in [0.15, 0.2) is 0 Å². The average molecular weight is 342 g/mol. The van der Waals surface area contributed by atoms with E-state index in [0.717, 1.165) is 16.7 Å². The van der Waals surface area contributed by atoms with Gasteiger partial charge in [0.25, 0.3) is 0 Å². The highest BCUT2D eigenvalue weighted by atomic mass is 16.6. The smallest absolute Gasteiger partial charge is 0.381 e. The quantitative estimate of drug-likeness (QED) is 0.506. The molecule has 0 aliphatic rings. The summed E-state index contributed by atoms with van der Waals surface area (Å²) in [5.41, 5.74) is 0.788. The summed E-state index contributed by atoms with van der Waals surface area (Å²) in [5, 5.41) is 11.6. The second kappa shape index (κ2) is 6.76. The fourth-order valence-electron chi connectivity index (χ4n) is 2.58. The van der Waals surface area contributed by atoms with Gasteiger partial charge in [-0.2, -0.15) is 0 Å². The minimum absolute atomic E-state index is 0.0793. The summed E-state index contributed by atoms with van der Waals surface area (Å²) < 4.78 is 7.35. The number of imidazole rings is 1. The normalized spacial score (nSPS) is 12.2. The lowest BCUT2D eigenvalue weighted by Crippen LogP contribution is -2.30. The van der Waals surface area contributed by atoms with Crippen LogP contribution in [-0.2, 0) is 11.3 Å². The van der Waals surface area contributed by atoms with E-state index < -0.39 is 4.92 Å². The third-order valence-electron chi connectivity index (χ3n) is 4.22. The maximum atomic E-state index is 12.4. The van der Waals surface area contributed by atoms with E-state index in [1.54, 1.807) is 11.9 Å². The number of para-hydroxylation sites is 1. The Kier molecular flexibility index (Phi) is 4.51. The third-order valence-corrected chi connectivity index (χ3v) is 4.22. The number of nitrogens with zero attached hydrogens (tertiary/aromatic N) is 4. The fraction of sp³-hybridized carbons (Fsp3) is 0.294. The molecule has 0 saturated heterocycles. The first-order valence-corrected chi connectivity index (χ1v) is 7.86. The monoisotopic (exact) mass is 342 g/mol. The molecule has 0 aliphatic carbocycles. The summed E-state index contributed by atoms with van der Waals surface area (Å²) in [4.78, 5) is 27.8. The standard InChI is InChI=1S/C17H18N4O4/c1-12(15-9-13-5-3-4-6-14(13)25-15)19(2)17(22)7-8-20-10-16(18-11-20)21(23)24/h3-6,9-12H,7-8H2,1-2H3. The number of carbonyl (C=O) groups is 1. The largest absolute Gasteiger partial charge is 0.459 e. The van der Waals surface area contributed by atoms with Gasteiger partial charge in [0.2, 0.25) is 12.2 Å². The average Bonchev–Trinajstić information content (AvgIpc) is 3.24. The summed E-state index contributed by atoms with van der Waals surface area (Å²) in [6.45, 7) is 2.23. The van der Waals surface area contributed by atoms with E-state index in [0.29, 0.717) is 6.54 Å². The van der Waals surface area contributed by atoms with Gasteiger partial charge in [0.1, 0.15) is 17.5 Å². The van der Waals surface area contributed by atoms with Crippen LogP contribution in [0.4, 0.5) is 5.82 Å². The van der Waals surface area contributed by atoms with E-state index >= 15 is 0 Å². The molecular formula is C17H18N4O4. The highest BCUT2D eigenvalue weighted by Crippen LogP contribution is 2.27. The summed E-state index contributed by atoms with van der Waals surface area (Å²) in [5.74, 6) is 0.413. The number of carbonyl (C=O) groups excluding carboxylic acids is 1. The Bertz CT molecular complexity index is 881. The molecule has 25 heavy (non-hydrogen) atoms. The van der Waals surface area contributed by atoms with Crippen molar-refractivity contribution in [2.75, 3.05) is 7.05 Å². The molecule has 3 rings (SSSR count). The van der Waals surface area contributed by atoms with Crippen LogP contribution in [0.3, 0.4) is 0 Å². The molecule has 1 aromatic carbocycles. The van der Waals surface area contributed by atoms with Gasteiger partial charge in [-0.1, -0.05) is 18.2 Å². The molecule has 8 nitrogen and oxygen atoms in total. The lowest BCUT2D eigenvalue weighted by Gasteiger charge is -2.23. The lowest BCUT2D eigenvalue weighted by atomic mass is 10.2. The van der Waals surface area contributed by atoms with Crippen molar-refractivity contribution in [3.05, 3.63) is 58.7 Å². The minimum Gasteiger partial charge on any atom is -0.459 e. The molecule has 3 aromatic rings. The summed E-state index contributed by atoms with van der Waals surface area (Å²) in [6.07, 6.45) is 2.89. The molecule has 0 saturated carbocycles. The van der Waals surface area contributed by atoms with Crippen LogP contribution in [0.1, 0.15) is 25.1 Å². The van der Waals surface area contributed by atoms with Crippen LogP contribution in [-0.4, -0.2) is 32.3 Å². The summed E-state index contributed by atoms with van der Waals surface area (Å²) >= 11 is 0. The molecule has 0 N–H and O–H groups in total. The van der Waals surface area contributed by atoms with Gasteiger partial charge in [-0.15, -0.1) is 0 Å². The topological polar surface area (TPSA) is 94.4 Å². The number of hydrogen-bond acceptors (Lipinski definition) is 5. The molecule has 0 fully saturated rings. The molecule has 2 aromatic heterocycles. The van der Waals surface area contributed by atoms with E-state index in [1.165, 1.54) is 17.1 Å². The number of furan rings is 1. The van der Waals surface area contributed by atoms with Gasteiger partial charge in [-0.3, -0.25) is 4.79 Å². The van der Waals surface area contributed by atoms with E-state index in [2.05, 4.69) is 4.98 Å². The minimum atomic E-state index is -0.561. The Hall–Kier alpha value is -3.16. The first-order valence-electron chi connectivity index (χ1n) is 7.86. The Balaban J connectivity index is 1.63. The van der Waals surface area contributed by atoms with Gasteiger partial charge in [0.05, 0.1) is 6.04 Å². The number of rotatable bonds is 6.